The molecule has 0 radical (unpaired) electrons. The van der Waals surface area contributed by atoms with Crippen LogP contribution in [0.4, 0.5) is 16.2 Å². The van der Waals surface area contributed by atoms with Crippen LogP contribution in [-0.4, -0.2) is 43.7 Å². The van der Waals surface area contributed by atoms with E-state index in [4.69, 9.17) is 9.47 Å². The molecule has 0 bridgehead atoms. The third-order valence-corrected chi connectivity index (χ3v) is 4.08. The molecule has 136 valence electrons. The van der Waals surface area contributed by atoms with Gasteiger partial charge in [-0.1, -0.05) is 0 Å². The van der Waals surface area contributed by atoms with Crippen molar-refractivity contribution in [2.75, 3.05) is 31.0 Å². The first-order chi connectivity index (χ1) is 12.6. The summed E-state index contributed by atoms with van der Waals surface area (Å²) < 4.78 is 10.5. The van der Waals surface area contributed by atoms with Crippen LogP contribution in [0.25, 0.3) is 0 Å². The molecule has 2 N–H and O–H groups in total. The number of benzene rings is 1. The minimum absolute atomic E-state index is 0.0635. The fourth-order valence-electron chi connectivity index (χ4n) is 2.83. The van der Waals surface area contributed by atoms with E-state index in [1.165, 1.54) is 0 Å². The van der Waals surface area contributed by atoms with Crippen molar-refractivity contribution in [3.63, 3.8) is 0 Å². The number of nitrogens with zero attached hydrogens (tertiary/aromatic N) is 2. The Morgan fingerprint density at radius 3 is 2.58 bits per heavy atom. The number of methoxy groups -OCH3 is 2. The Balaban J connectivity index is 1.64. The summed E-state index contributed by atoms with van der Waals surface area (Å²) in [6.45, 7) is 0.387. The quantitative estimate of drug-likeness (QED) is 0.855. The molecule has 0 saturated carbocycles. The van der Waals surface area contributed by atoms with Crippen molar-refractivity contribution >= 4 is 23.3 Å². The van der Waals surface area contributed by atoms with Crippen LogP contribution in [0.2, 0.25) is 0 Å². The fourth-order valence-corrected chi connectivity index (χ4v) is 2.83. The maximum Gasteiger partial charge on any atom is 0.319 e. The van der Waals surface area contributed by atoms with Crippen LogP contribution in [0.5, 0.6) is 11.5 Å². The number of pyridine rings is 1. The van der Waals surface area contributed by atoms with Gasteiger partial charge in [0.05, 0.1) is 20.3 Å². The summed E-state index contributed by atoms with van der Waals surface area (Å²) in [5.74, 6) is 1.07. The van der Waals surface area contributed by atoms with E-state index in [2.05, 4.69) is 15.6 Å². The van der Waals surface area contributed by atoms with Gasteiger partial charge in [-0.2, -0.15) is 0 Å². The zero-order valence-electron chi connectivity index (χ0n) is 14.6. The van der Waals surface area contributed by atoms with Crippen molar-refractivity contribution in [2.45, 2.75) is 12.5 Å². The Hall–Kier alpha value is -3.29. The lowest BCUT2D eigenvalue weighted by molar-refractivity contribution is -0.117. The molecular formula is C18H20N4O4. The summed E-state index contributed by atoms with van der Waals surface area (Å²) in [5.41, 5.74) is 1.34. The van der Waals surface area contributed by atoms with E-state index >= 15 is 0 Å². The highest BCUT2D eigenvalue weighted by atomic mass is 16.5. The number of aromatic nitrogens is 1. The van der Waals surface area contributed by atoms with Gasteiger partial charge in [-0.3, -0.25) is 9.78 Å². The van der Waals surface area contributed by atoms with Crippen molar-refractivity contribution in [3.05, 3.63) is 42.7 Å². The minimum atomic E-state index is -0.358. The second-order valence-electron chi connectivity index (χ2n) is 5.78. The van der Waals surface area contributed by atoms with E-state index in [-0.39, 0.29) is 24.4 Å². The van der Waals surface area contributed by atoms with Crippen LogP contribution in [0.15, 0.2) is 42.7 Å². The average Bonchev–Trinajstić information content (AvgIpc) is 3.01. The summed E-state index contributed by atoms with van der Waals surface area (Å²) in [4.78, 5) is 30.0. The number of carbonyl (C=O) groups excluding carboxylic acids is 2. The number of urea groups is 1. The highest BCUT2D eigenvalue weighted by Crippen LogP contribution is 2.33. The predicted molar refractivity (Wildman–Crippen MR) is 96.7 cm³/mol. The molecule has 2 heterocycles. The Morgan fingerprint density at radius 2 is 1.88 bits per heavy atom. The summed E-state index contributed by atoms with van der Waals surface area (Å²) in [7, 11) is 3.10. The third-order valence-electron chi connectivity index (χ3n) is 4.08. The van der Waals surface area contributed by atoms with Crippen LogP contribution < -0.4 is 25.0 Å². The van der Waals surface area contributed by atoms with Crippen LogP contribution in [0.1, 0.15) is 6.42 Å². The van der Waals surface area contributed by atoms with Crippen molar-refractivity contribution in [2.24, 2.45) is 0 Å². The monoisotopic (exact) mass is 356 g/mol. The molecule has 1 fully saturated rings. The van der Waals surface area contributed by atoms with E-state index in [1.54, 1.807) is 61.8 Å². The van der Waals surface area contributed by atoms with E-state index in [0.29, 0.717) is 29.4 Å². The Labute approximate surface area is 151 Å². The van der Waals surface area contributed by atoms with Crippen LogP contribution >= 0.6 is 0 Å². The predicted octanol–water partition coefficient (Wildman–Crippen LogP) is 2.03. The zero-order chi connectivity index (χ0) is 18.5. The van der Waals surface area contributed by atoms with Crippen molar-refractivity contribution < 1.29 is 19.1 Å². The normalized spacial score (nSPS) is 16.3. The molecule has 3 rings (SSSR count). The van der Waals surface area contributed by atoms with Gasteiger partial charge < -0.3 is 25.0 Å². The molecule has 1 atom stereocenters. The largest absolute Gasteiger partial charge is 0.493 e. The Bertz CT molecular complexity index is 797. The minimum Gasteiger partial charge on any atom is -0.493 e. The van der Waals surface area contributed by atoms with Gasteiger partial charge in [0.15, 0.2) is 11.5 Å². The van der Waals surface area contributed by atoms with Gasteiger partial charge in [0.2, 0.25) is 5.91 Å². The van der Waals surface area contributed by atoms with E-state index < -0.39 is 0 Å². The molecule has 1 aromatic heterocycles. The molecule has 1 aliphatic rings. The van der Waals surface area contributed by atoms with Gasteiger partial charge in [0.1, 0.15) is 0 Å². The Kier molecular flexibility index (Phi) is 5.21. The molecule has 1 aliphatic heterocycles. The number of nitrogens with one attached hydrogen (secondary N) is 2. The highest BCUT2D eigenvalue weighted by molar-refractivity contribution is 5.98. The van der Waals surface area contributed by atoms with Crippen LogP contribution in [0.3, 0.4) is 0 Å². The van der Waals surface area contributed by atoms with Crippen LogP contribution in [-0.2, 0) is 4.79 Å². The SMILES string of the molecule is COc1ccc(N2C[C@@H](NC(=O)Nc3ccncc3)CC2=O)cc1OC. The first-order valence-electron chi connectivity index (χ1n) is 8.10. The molecule has 3 amide bonds. The number of hydrogen-bond acceptors (Lipinski definition) is 5. The van der Waals surface area contributed by atoms with Gasteiger partial charge in [-0.15, -0.1) is 0 Å². The lowest BCUT2D eigenvalue weighted by Gasteiger charge is -2.19. The van der Waals surface area contributed by atoms with Gasteiger partial charge in [0, 0.05) is 42.8 Å². The number of amides is 3. The van der Waals surface area contributed by atoms with E-state index in [9.17, 15) is 9.59 Å². The van der Waals surface area contributed by atoms with Crippen molar-refractivity contribution in [1.82, 2.24) is 10.3 Å². The average molecular weight is 356 g/mol. The standard InChI is InChI=1S/C18H20N4O4/c1-25-15-4-3-14(10-16(15)26-2)22-11-13(9-17(22)23)21-18(24)20-12-5-7-19-8-6-12/h3-8,10,13H,9,11H2,1-2H3,(H2,19,20,21,24)/t13-/m0/s1. The molecule has 8 nitrogen and oxygen atoms in total. The summed E-state index contributed by atoms with van der Waals surface area (Å²) in [6, 6.07) is 8.03. The number of ether oxygens (including phenoxy) is 2. The number of carbonyl (C=O) groups is 2. The lowest BCUT2D eigenvalue weighted by Crippen LogP contribution is -2.39. The van der Waals surface area contributed by atoms with Gasteiger partial charge in [-0.05, 0) is 24.3 Å². The molecule has 0 aliphatic carbocycles. The maximum absolute atomic E-state index is 12.4. The highest BCUT2D eigenvalue weighted by Gasteiger charge is 2.32. The lowest BCUT2D eigenvalue weighted by atomic mass is 10.2. The maximum atomic E-state index is 12.4. The first-order valence-corrected chi connectivity index (χ1v) is 8.10. The van der Waals surface area contributed by atoms with Crippen molar-refractivity contribution in [1.29, 1.82) is 0 Å². The molecular weight excluding hydrogens is 336 g/mol. The van der Waals surface area contributed by atoms with E-state index in [1.807, 2.05) is 0 Å². The van der Waals surface area contributed by atoms with Crippen molar-refractivity contribution in [3.8, 4) is 11.5 Å². The molecule has 0 unspecified atom stereocenters. The molecule has 26 heavy (non-hydrogen) atoms. The number of hydrogen-bond donors (Lipinski definition) is 2. The molecule has 0 spiro atoms. The third kappa shape index (κ3) is 3.85. The zero-order valence-corrected chi connectivity index (χ0v) is 14.6. The first kappa shape index (κ1) is 17.5. The molecule has 8 heteroatoms. The summed E-state index contributed by atoms with van der Waals surface area (Å²) >= 11 is 0. The van der Waals surface area contributed by atoms with Gasteiger partial charge >= 0.3 is 6.03 Å². The fraction of sp³-hybridized carbons (Fsp3) is 0.278. The number of rotatable bonds is 5. The van der Waals surface area contributed by atoms with Gasteiger partial charge in [0.25, 0.3) is 0 Å². The summed E-state index contributed by atoms with van der Waals surface area (Å²) in [5, 5.41) is 5.53. The Morgan fingerprint density at radius 1 is 1.15 bits per heavy atom. The molecule has 1 saturated heterocycles. The molecule has 1 aromatic carbocycles. The topological polar surface area (TPSA) is 92.8 Å². The molecule has 2 aromatic rings. The number of anilines is 2. The van der Waals surface area contributed by atoms with Crippen LogP contribution in [0, 0.1) is 0 Å². The van der Waals surface area contributed by atoms with E-state index in [0.717, 1.165) is 0 Å². The summed E-state index contributed by atoms with van der Waals surface area (Å²) in [6.07, 6.45) is 3.42. The van der Waals surface area contributed by atoms with Gasteiger partial charge in [-0.25, -0.2) is 4.79 Å². The second kappa shape index (κ2) is 7.73. The smallest absolute Gasteiger partial charge is 0.319 e. The second-order valence-corrected chi connectivity index (χ2v) is 5.78.